The summed E-state index contributed by atoms with van der Waals surface area (Å²) in [5, 5.41) is 0. The summed E-state index contributed by atoms with van der Waals surface area (Å²) in [4.78, 5) is 17.0. The first-order chi connectivity index (χ1) is 10.1. The largest absolute Gasteiger partial charge is 0.274 e. The highest BCUT2D eigenvalue weighted by Crippen LogP contribution is 2.18. The number of aromatic nitrogens is 1. The molecule has 0 N–H and O–H groups in total. The molecule has 3 nitrogen and oxygen atoms in total. The second-order valence-corrected chi connectivity index (χ2v) is 5.56. The molecule has 3 heteroatoms. The predicted molar refractivity (Wildman–Crippen MR) is 85.2 cm³/mol. The number of nitrogens with zero attached hydrogens (tertiary/aromatic N) is 2. The third kappa shape index (κ3) is 4.15. The Hall–Kier alpha value is -2.16. The van der Waals surface area contributed by atoms with Gasteiger partial charge in [0.1, 0.15) is 5.49 Å². The van der Waals surface area contributed by atoms with Crippen LogP contribution in [-0.2, 0) is 0 Å². The molecule has 0 amide bonds. The van der Waals surface area contributed by atoms with Crippen LogP contribution in [0.3, 0.4) is 0 Å². The van der Waals surface area contributed by atoms with Crippen LogP contribution in [-0.4, -0.2) is 16.5 Å². The van der Waals surface area contributed by atoms with Gasteiger partial charge in [-0.3, -0.25) is 14.4 Å². The van der Waals surface area contributed by atoms with Crippen LogP contribution in [0.5, 0.6) is 0 Å². The SMILES string of the molecule is CC(C)N=c1ccccn1C(=O)CC(C)c1ccccc1. The number of rotatable bonds is 4. The minimum absolute atomic E-state index is 0.0753. The van der Waals surface area contributed by atoms with Gasteiger partial charge in [0.15, 0.2) is 0 Å². The number of hydrogen-bond acceptors (Lipinski definition) is 2. The Morgan fingerprint density at radius 3 is 2.38 bits per heavy atom. The van der Waals surface area contributed by atoms with Crippen molar-refractivity contribution >= 4 is 5.91 Å². The van der Waals surface area contributed by atoms with E-state index in [1.807, 2.05) is 50.2 Å². The Labute approximate surface area is 126 Å². The maximum absolute atomic E-state index is 12.5. The molecule has 2 aromatic rings. The van der Waals surface area contributed by atoms with Crippen molar-refractivity contribution in [1.29, 1.82) is 0 Å². The quantitative estimate of drug-likeness (QED) is 0.843. The number of benzene rings is 1. The number of carbonyl (C=O) groups is 1. The first-order valence-corrected chi connectivity index (χ1v) is 7.37. The Morgan fingerprint density at radius 1 is 1.05 bits per heavy atom. The molecule has 1 atom stereocenters. The molecule has 0 spiro atoms. The lowest BCUT2D eigenvalue weighted by Gasteiger charge is -2.13. The summed E-state index contributed by atoms with van der Waals surface area (Å²) >= 11 is 0. The van der Waals surface area contributed by atoms with Crippen LogP contribution >= 0.6 is 0 Å². The van der Waals surface area contributed by atoms with Crippen molar-refractivity contribution in [1.82, 2.24) is 4.57 Å². The van der Waals surface area contributed by atoms with Crippen LogP contribution in [0.25, 0.3) is 0 Å². The molecule has 0 aliphatic carbocycles. The van der Waals surface area contributed by atoms with Crippen LogP contribution in [0.15, 0.2) is 59.7 Å². The van der Waals surface area contributed by atoms with E-state index < -0.39 is 0 Å². The van der Waals surface area contributed by atoms with Crippen LogP contribution in [0.1, 0.15) is 43.5 Å². The molecule has 21 heavy (non-hydrogen) atoms. The summed E-state index contributed by atoms with van der Waals surface area (Å²) in [7, 11) is 0. The van der Waals surface area contributed by atoms with Gasteiger partial charge in [0.2, 0.25) is 5.91 Å². The van der Waals surface area contributed by atoms with Gasteiger partial charge in [-0.05, 0) is 37.5 Å². The van der Waals surface area contributed by atoms with Crippen LogP contribution < -0.4 is 5.49 Å². The van der Waals surface area contributed by atoms with E-state index in [1.165, 1.54) is 5.56 Å². The van der Waals surface area contributed by atoms with Gasteiger partial charge in [-0.15, -0.1) is 0 Å². The summed E-state index contributed by atoms with van der Waals surface area (Å²) in [6.45, 7) is 6.10. The third-order valence-corrected chi connectivity index (χ3v) is 3.35. The van der Waals surface area contributed by atoms with Gasteiger partial charge in [-0.2, -0.15) is 0 Å². The predicted octanol–water partition coefficient (Wildman–Crippen LogP) is 3.63. The molecule has 0 aliphatic heterocycles. The summed E-state index contributed by atoms with van der Waals surface area (Å²) in [6.07, 6.45) is 2.26. The van der Waals surface area contributed by atoms with Crippen molar-refractivity contribution in [3.63, 3.8) is 0 Å². The smallest absolute Gasteiger partial charge is 0.232 e. The zero-order chi connectivity index (χ0) is 15.2. The highest BCUT2D eigenvalue weighted by Gasteiger charge is 2.12. The molecule has 2 rings (SSSR count). The lowest BCUT2D eigenvalue weighted by atomic mass is 9.97. The van der Waals surface area contributed by atoms with Gasteiger partial charge in [0.05, 0.1) is 0 Å². The summed E-state index contributed by atoms with van der Waals surface area (Å²) in [5.74, 6) is 0.268. The van der Waals surface area contributed by atoms with Gasteiger partial charge in [-0.25, -0.2) is 0 Å². The fourth-order valence-corrected chi connectivity index (χ4v) is 2.27. The van der Waals surface area contributed by atoms with Crippen molar-refractivity contribution in [3.8, 4) is 0 Å². The second kappa shape index (κ2) is 7.02. The molecule has 1 heterocycles. The van der Waals surface area contributed by atoms with E-state index in [0.29, 0.717) is 6.42 Å². The average molecular weight is 282 g/mol. The highest BCUT2D eigenvalue weighted by atomic mass is 16.2. The van der Waals surface area contributed by atoms with Crippen molar-refractivity contribution in [2.24, 2.45) is 4.99 Å². The maximum Gasteiger partial charge on any atom is 0.232 e. The van der Waals surface area contributed by atoms with Crippen LogP contribution in [0, 0.1) is 0 Å². The molecule has 0 bridgehead atoms. The topological polar surface area (TPSA) is 34.4 Å². The maximum atomic E-state index is 12.5. The van der Waals surface area contributed by atoms with Crippen molar-refractivity contribution in [2.75, 3.05) is 0 Å². The Morgan fingerprint density at radius 2 is 1.71 bits per heavy atom. The molecule has 0 radical (unpaired) electrons. The number of pyridine rings is 1. The van der Waals surface area contributed by atoms with Gasteiger partial charge >= 0.3 is 0 Å². The normalized spacial score (nSPS) is 13.4. The van der Waals surface area contributed by atoms with E-state index in [9.17, 15) is 4.79 Å². The monoisotopic (exact) mass is 282 g/mol. The average Bonchev–Trinajstić information content (AvgIpc) is 2.48. The first-order valence-electron chi connectivity index (χ1n) is 7.37. The fourth-order valence-electron chi connectivity index (χ4n) is 2.27. The standard InChI is InChI=1S/C18H22N2O/c1-14(2)19-17-11-7-8-12-20(17)18(21)13-15(3)16-9-5-4-6-10-16/h4-12,14-15H,13H2,1-3H3. The molecular weight excluding hydrogens is 260 g/mol. The fraction of sp³-hybridized carbons (Fsp3) is 0.333. The first kappa shape index (κ1) is 15.2. The van der Waals surface area contributed by atoms with Crippen LogP contribution in [0.2, 0.25) is 0 Å². The molecule has 0 fully saturated rings. The van der Waals surface area contributed by atoms with E-state index >= 15 is 0 Å². The van der Waals surface area contributed by atoms with E-state index in [2.05, 4.69) is 24.0 Å². The van der Waals surface area contributed by atoms with Gasteiger partial charge in [0.25, 0.3) is 0 Å². The molecule has 110 valence electrons. The molecule has 1 unspecified atom stereocenters. The summed E-state index contributed by atoms with van der Waals surface area (Å²) in [6, 6.07) is 15.9. The molecule has 0 saturated heterocycles. The van der Waals surface area contributed by atoms with Gasteiger partial charge in [0, 0.05) is 18.7 Å². The third-order valence-electron chi connectivity index (χ3n) is 3.35. The Kier molecular flexibility index (Phi) is 5.09. The molecule has 0 saturated carbocycles. The minimum atomic E-state index is 0.0753. The molecular formula is C18H22N2O. The van der Waals surface area contributed by atoms with E-state index in [0.717, 1.165) is 5.49 Å². The zero-order valence-electron chi connectivity index (χ0n) is 12.9. The van der Waals surface area contributed by atoms with Crippen molar-refractivity contribution < 1.29 is 4.79 Å². The Bertz CT molecular complexity index is 656. The van der Waals surface area contributed by atoms with Crippen LogP contribution in [0.4, 0.5) is 0 Å². The molecule has 1 aromatic heterocycles. The number of carbonyl (C=O) groups excluding carboxylic acids is 1. The minimum Gasteiger partial charge on any atom is -0.274 e. The number of hydrogen-bond donors (Lipinski definition) is 0. The second-order valence-electron chi connectivity index (χ2n) is 5.56. The lowest BCUT2D eigenvalue weighted by Crippen LogP contribution is -2.28. The highest BCUT2D eigenvalue weighted by molar-refractivity contribution is 5.79. The summed E-state index contributed by atoms with van der Waals surface area (Å²) < 4.78 is 1.65. The Balaban J connectivity index is 2.22. The van der Waals surface area contributed by atoms with E-state index in [1.54, 1.807) is 10.8 Å². The molecule has 0 aliphatic rings. The van der Waals surface area contributed by atoms with Gasteiger partial charge < -0.3 is 0 Å². The van der Waals surface area contributed by atoms with E-state index in [4.69, 9.17) is 0 Å². The zero-order valence-corrected chi connectivity index (χ0v) is 12.9. The summed E-state index contributed by atoms with van der Waals surface area (Å²) in [5.41, 5.74) is 1.91. The lowest BCUT2D eigenvalue weighted by molar-refractivity contribution is 0.0889. The van der Waals surface area contributed by atoms with E-state index in [-0.39, 0.29) is 17.9 Å². The van der Waals surface area contributed by atoms with Crippen molar-refractivity contribution in [2.45, 2.75) is 39.2 Å². The molecule has 1 aromatic carbocycles. The van der Waals surface area contributed by atoms with Gasteiger partial charge in [-0.1, -0.05) is 43.3 Å². The van der Waals surface area contributed by atoms with Crippen molar-refractivity contribution in [3.05, 3.63) is 65.8 Å².